The summed E-state index contributed by atoms with van der Waals surface area (Å²) in [5, 5.41) is 5.37. The molecule has 2 atom stereocenters. The van der Waals surface area contributed by atoms with E-state index in [0.717, 1.165) is 22.3 Å². The average Bonchev–Trinajstić information content (AvgIpc) is 2.87. The van der Waals surface area contributed by atoms with Gasteiger partial charge in [0, 0.05) is 12.8 Å². The number of ether oxygens (including phenoxy) is 1. The van der Waals surface area contributed by atoms with Crippen molar-refractivity contribution in [2.75, 3.05) is 0 Å². The molecule has 0 radical (unpaired) electrons. The first-order chi connectivity index (χ1) is 17.6. The molecule has 0 saturated heterocycles. The molecule has 0 heterocycles. The Kier molecular flexibility index (Phi) is 9.44. The van der Waals surface area contributed by atoms with Crippen LogP contribution in [0.4, 0.5) is 4.79 Å². The zero-order valence-corrected chi connectivity index (χ0v) is 21.6. The molecule has 0 unspecified atom stereocenters. The van der Waals surface area contributed by atoms with Crippen molar-refractivity contribution in [3.63, 3.8) is 0 Å². The number of nitrogens with one attached hydrogen (secondary N) is 2. The highest BCUT2D eigenvalue weighted by atomic mass is 16.5. The molecule has 0 aliphatic rings. The van der Waals surface area contributed by atoms with E-state index >= 15 is 0 Å². The minimum absolute atomic E-state index is 0.00127. The molecule has 3 amide bonds. The molecule has 194 valence electrons. The SMILES string of the molecule is CC(C)(C)c1ccc(C[C@@H](NC(=O)[C@H](Cc2ccccc2)NC(=O)OCc2ccccc2)C(N)=O)cc1. The second-order valence-electron chi connectivity index (χ2n) is 10.1. The van der Waals surface area contributed by atoms with E-state index in [1.165, 1.54) is 0 Å². The van der Waals surface area contributed by atoms with Gasteiger partial charge in [-0.25, -0.2) is 4.79 Å². The number of nitrogens with two attached hydrogens (primary N) is 1. The lowest BCUT2D eigenvalue weighted by Crippen LogP contribution is -2.54. The lowest BCUT2D eigenvalue weighted by Gasteiger charge is -2.23. The number of carbonyl (C=O) groups is 3. The highest BCUT2D eigenvalue weighted by molar-refractivity contribution is 5.91. The van der Waals surface area contributed by atoms with Gasteiger partial charge in [0.2, 0.25) is 11.8 Å². The largest absolute Gasteiger partial charge is 0.445 e. The molecule has 0 fully saturated rings. The van der Waals surface area contributed by atoms with Crippen LogP contribution >= 0.6 is 0 Å². The summed E-state index contributed by atoms with van der Waals surface area (Å²) in [5.41, 5.74) is 9.34. The van der Waals surface area contributed by atoms with Crippen molar-refractivity contribution in [3.05, 3.63) is 107 Å². The minimum atomic E-state index is -0.962. The topological polar surface area (TPSA) is 111 Å². The lowest BCUT2D eigenvalue weighted by atomic mass is 9.86. The highest BCUT2D eigenvalue weighted by Crippen LogP contribution is 2.22. The molecule has 0 saturated carbocycles. The Morgan fingerprint density at radius 1 is 0.730 bits per heavy atom. The van der Waals surface area contributed by atoms with Crippen LogP contribution in [0.25, 0.3) is 0 Å². The van der Waals surface area contributed by atoms with Gasteiger partial charge in [0.1, 0.15) is 18.7 Å². The van der Waals surface area contributed by atoms with E-state index in [1.54, 1.807) is 0 Å². The predicted octanol–water partition coefficient (Wildman–Crippen LogP) is 4.03. The molecular weight excluding hydrogens is 466 g/mol. The number of hydrogen-bond donors (Lipinski definition) is 3. The standard InChI is InChI=1S/C30H35N3O4/c1-30(2,3)24-16-14-22(15-17-24)18-25(27(31)34)32-28(35)26(19-21-10-6-4-7-11-21)33-29(36)37-20-23-12-8-5-9-13-23/h4-17,25-26H,18-20H2,1-3H3,(H2,31,34)(H,32,35)(H,33,36)/t25-,26+/m1/s1. The fourth-order valence-electron chi connectivity index (χ4n) is 3.84. The summed E-state index contributed by atoms with van der Waals surface area (Å²) < 4.78 is 5.31. The molecular formula is C30H35N3O4. The maximum absolute atomic E-state index is 13.3. The maximum atomic E-state index is 13.3. The molecule has 0 spiro atoms. The average molecular weight is 502 g/mol. The van der Waals surface area contributed by atoms with Gasteiger partial charge in [-0.15, -0.1) is 0 Å². The number of hydrogen-bond acceptors (Lipinski definition) is 4. The van der Waals surface area contributed by atoms with Crippen molar-refractivity contribution in [1.82, 2.24) is 10.6 Å². The van der Waals surface area contributed by atoms with E-state index in [1.807, 2.05) is 84.9 Å². The third-order valence-electron chi connectivity index (χ3n) is 6.02. The zero-order chi connectivity index (χ0) is 26.8. The van der Waals surface area contributed by atoms with Gasteiger partial charge in [-0.1, -0.05) is 106 Å². The van der Waals surface area contributed by atoms with Crippen molar-refractivity contribution in [2.45, 2.75) is 57.7 Å². The number of primary amides is 1. The molecule has 0 aromatic heterocycles. The first kappa shape index (κ1) is 27.5. The monoisotopic (exact) mass is 501 g/mol. The summed E-state index contributed by atoms with van der Waals surface area (Å²) in [6, 6.07) is 24.5. The normalized spacial score (nSPS) is 12.7. The van der Waals surface area contributed by atoms with Crippen molar-refractivity contribution >= 4 is 17.9 Å². The Balaban J connectivity index is 1.69. The summed E-state index contributed by atoms with van der Waals surface area (Å²) in [6.07, 6.45) is -0.269. The van der Waals surface area contributed by atoms with Crippen molar-refractivity contribution in [1.29, 1.82) is 0 Å². The highest BCUT2D eigenvalue weighted by Gasteiger charge is 2.27. The van der Waals surface area contributed by atoms with E-state index in [0.29, 0.717) is 0 Å². The van der Waals surface area contributed by atoms with E-state index in [4.69, 9.17) is 10.5 Å². The van der Waals surface area contributed by atoms with Crippen LogP contribution in [0.2, 0.25) is 0 Å². The van der Waals surface area contributed by atoms with Gasteiger partial charge in [-0.2, -0.15) is 0 Å². The number of benzene rings is 3. The quantitative estimate of drug-likeness (QED) is 0.389. The van der Waals surface area contributed by atoms with Gasteiger partial charge < -0.3 is 21.1 Å². The molecule has 4 N–H and O–H groups in total. The first-order valence-electron chi connectivity index (χ1n) is 12.3. The Labute approximate surface area is 218 Å². The van der Waals surface area contributed by atoms with E-state index in [-0.39, 0.29) is 24.9 Å². The molecule has 3 aromatic rings. The van der Waals surface area contributed by atoms with Crippen LogP contribution < -0.4 is 16.4 Å². The van der Waals surface area contributed by atoms with Crippen molar-refractivity contribution in [2.24, 2.45) is 5.73 Å². The fourth-order valence-corrected chi connectivity index (χ4v) is 3.84. The summed E-state index contributed by atoms with van der Waals surface area (Å²) in [5.74, 6) is -1.17. The molecule has 3 aromatic carbocycles. The van der Waals surface area contributed by atoms with Gasteiger partial charge in [-0.3, -0.25) is 9.59 Å². The van der Waals surface area contributed by atoms with E-state index in [9.17, 15) is 14.4 Å². The smallest absolute Gasteiger partial charge is 0.408 e. The Morgan fingerprint density at radius 3 is 1.78 bits per heavy atom. The minimum Gasteiger partial charge on any atom is -0.445 e. The Morgan fingerprint density at radius 2 is 1.24 bits per heavy atom. The lowest BCUT2D eigenvalue weighted by molar-refractivity contribution is -0.128. The Bertz CT molecular complexity index is 1170. The van der Waals surface area contributed by atoms with Crippen LogP contribution in [0.1, 0.15) is 43.0 Å². The first-order valence-corrected chi connectivity index (χ1v) is 12.3. The maximum Gasteiger partial charge on any atom is 0.408 e. The molecule has 0 bridgehead atoms. The third kappa shape index (κ3) is 8.79. The third-order valence-corrected chi connectivity index (χ3v) is 6.02. The number of rotatable bonds is 10. The summed E-state index contributed by atoms with van der Waals surface area (Å²) in [7, 11) is 0. The van der Waals surface area contributed by atoms with Crippen LogP contribution in [0.5, 0.6) is 0 Å². The Hall–Kier alpha value is -4.13. The number of amides is 3. The molecule has 0 aliphatic carbocycles. The van der Waals surface area contributed by atoms with Gasteiger partial charge >= 0.3 is 6.09 Å². The molecule has 3 rings (SSSR count). The van der Waals surface area contributed by atoms with Crippen LogP contribution in [0.3, 0.4) is 0 Å². The molecule has 0 aliphatic heterocycles. The summed E-state index contributed by atoms with van der Waals surface area (Å²) in [4.78, 5) is 38.0. The van der Waals surface area contributed by atoms with E-state index in [2.05, 4.69) is 31.4 Å². The molecule has 7 nitrogen and oxygen atoms in total. The van der Waals surface area contributed by atoms with Crippen LogP contribution in [-0.4, -0.2) is 30.0 Å². The van der Waals surface area contributed by atoms with E-state index < -0.39 is 30.0 Å². The molecule has 37 heavy (non-hydrogen) atoms. The van der Waals surface area contributed by atoms with Crippen LogP contribution in [0.15, 0.2) is 84.9 Å². The van der Waals surface area contributed by atoms with Crippen molar-refractivity contribution in [3.8, 4) is 0 Å². The summed E-state index contributed by atoms with van der Waals surface area (Å²) >= 11 is 0. The predicted molar refractivity (Wildman–Crippen MR) is 144 cm³/mol. The molecule has 7 heteroatoms. The van der Waals surface area contributed by atoms with Gasteiger partial charge in [-0.05, 0) is 27.7 Å². The van der Waals surface area contributed by atoms with Gasteiger partial charge in [0.15, 0.2) is 0 Å². The van der Waals surface area contributed by atoms with Crippen LogP contribution in [0, 0.1) is 0 Å². The number of carbonyl (C=O) groups excluding carboxylic acids is 3. The zero-order valence-electron chi connectivity index (χ0n) is 21.6. The van der Waals surface area contributed by atoms with Crippen molar-refractivity contribution < 1.29 is 19.1 Å². The second kappa shape index (κ2) is 12.7. The van der Waals surface area contributed by atoms with Gasteiger partial charge in [0.05, 0.1) is 0 Å². The van der Waals surface area contributed by atoms with Gasteiger partial charge in [0.25, 0.3) is 0 Å². The summed E-state index contributed by atoms with van der Waals surface area (Å²) in [6.45, 7) is 6.44. The second-order valence-corrected chi connectivity index (χ2v) is 10.1. The van der Waals surface area contributed by atoms with Crippen LogP contribution in [-0.2, 0) is 39.2 Å². The fraction of sp³-hybridized carbons (Fsp3) is 0.300. The number of alkyl carbamates (subject to hydrolysis) is 1.